The average molecular weight is 290 g/mol. The third-order valence-electron chi connectivity index (χ3n) is 3.64. The molecule has 1 aromatic carbocycles. The SMILES string of the molecule is COc1ccccc1OCC(=O)N/N=C1/CCCC[C@H]1C. The first kappa shape index (κ1) is 15.4. The molecule has 2 rings (SSSR count). The predicted octanol–water partition coefficient (Wildman–Crippen LogP) is 2.76. The van der Waals surface area contributed by atoms with E-state index in [2.05, 4.69) is 17.5 Å². The number of hydrogen-bond acceptors (Lipinski definition) is 4. The van der Waals surface area contributed by atoms with Gasteiger partial charge in [-0.1, -0.05) is 25.5 Å². The Morgan fingerprint density at radius 2 is 2.10 bits per heavy atom. The van der Waals surface area contributed by atoms with Crippen LogP contribution >= 0.6 is 0 Å². The van der Waals surface area contributed by atoms with Gasteiger partial charge in [0.15, 0.2) is 18.1 Å². The van der Waals surface area contributed by atoms with E-state index in [1.54, 1.807) is 19.2 Å². The number of carbonyl (C=O) groups is 1. The van der Waals surface area contributed by atoms with Crippen LogP contribution in [0.3, 0.4) is 0 Å². The van der Waals surface area contributed by atoms with E-state index >= 15 is 0 Å². The molecule has 0 bridgehead atoms. The van der Waals surface area contributed by atoms with Gasteiger partial charge in [-0.2, -0.15) is 5.10 Å². The fraction of sp³-hybridized carbons (Fsp3) is 0.500. The number of carbonyl (C=O) groups excluding carboxylic acids is 1. The molecule has 0 aliphatic heterocycles. The number of ether oxygens (including phenoxy) is 2. The number of hydrazone groups is 1. The molecule has 1 aliphatic rings. The smallest absolute Gasteiger partial charge is 0.277 e. The van der Waals surface area contributed by atoms with Crippen LogP contribution in [-0.4, -0.2) is 25.3 Å². The Hall–Kier alpha value is -2.04. The maximum atomic E-state index is 11.8. The highest BCUT2D eigenvalue weighted by atomic mass is 16.5. The molecule has 1 fully saturated rings. The maximum Gasteiger partial charge on any atom is 0.277 e. The Bertz CT molecular complexity index is 514. The zero-order valence-corrected chi connectivity index (χ0v) is 12.6. The normalized spacial score (nSPS) is 20.1. The summed E-state index contributed by atoms with van der Waals surface area (Å²) >= 11 is 0. The number of rotatable bonds is 5. The Morgan fingerprint density at radius 3 is 2.81 bits per heavy atom. The van der Waals surface area contributed by atoms with Gasteiger partial charge in [0.05, 0.1) is 7.11 Å². The zero-order chi connectivity index (χ0) is 15.1. The second-order valence-corrected chi connectivity index (χ2v) is 5.22. The van der Waals surface area contributed by atoms with E-state index < -0.39 is 0 Å². The number of amides is 1. The Balaban J connectivity index is 1.83. The monoisotopic (exact) mass is 290 g/mol. The minimum Gasteiger partial charge on any atom is -0.493 e. The molecule has 1 N–H and O–H groups in total. The van der Waals surface area contributed by atoms with Gasteiger partial charge >= 0.3 is 0 Å². The molecule has 5 heteroatoms. The molecule has 0 aromatic heterocycles. The second kappa shape index (κ2) is 7.67. The number of para-hydroxylation sites is 2. The summed E-state index contributed by atoms with van der Waals surface area (Å²) < 4.78 is 10.6. The molecule has 1 aromatic rings. The van der Waals surface area contributed by atoms with Crippen molar-refractivity contribution in [1.29, 1.82) is 0 Å². The van der Waals surface area contributed by atoms with Crippen molar-refractivity contribution in [3.63, 3.8) is 0 Å². The van der Waals surface area contributed by atoms with Crippen molar-refractivity contribution in [1.82, 2.24) is 5.43 Å². The Labute approximate surface area is 125 Å². The fourth-order valence-electron chi connectivity index (χ4n) is 2.38. The number of hydrogen-bond donors (Lipinski definition) is 1. The lowest BCUT2D eigenvalue weighted by Gasteiger charge is -2.19. The van der Waals surface area contributed by atoms with Crippen molar-refractivity contribution in [2.45, 2.75) is 32.6 Å². The van der Waals surface area contributed by atoms with Crippen LogP contribution < -0.4 is 14.9 Å². The molecule has 0 heterocycles. The molecule has 0 radical (unpaired) electrons. The van der Waals surface area contributed by atoms with Gasteiger partial charge < -0.3 is 9.47 Å². The van der Waals surface area contributed by atoms with E-state index in [1.807, 2.05) is 12.1 Å². The number of methoxy groups -OCH3 is 1. The van der Waals surface area contributed by atoms with Crippen LogP contribution in [0.25, 0.3) is 0 Å². The summed E-state index contributed by atoms with van der Waals surface area (Å²) in [5, 5.41) is 4.22. The van der Waals surface area contributed by atoms with E-state index in [0.717, 1.165) is 25.0 Å². The van der Waals surface area contributed by atoms with Crippen molar-refractivity contribution >= 4 is 11.6 Å². The first-order valence-corrected chi connectivity index (χ1v) is 7.32. The highest BCUT2D eigenvalue weighted by Gasteiger charge is 2.16. The van der Waals surface area contributed by atoms with Gasteiger partial charge in [-0.25, -0.2) is 5.43 Å². The average Bonchev–Trinajstić information content (AvgIpc) is 2.52. The van der Waals surface area contributed by atoms with Gasteiger partial charge in [0.2, 0.25) is 0 Å². The lowest BCUT2D eigenvalue weighted by Crippen LogP contribution is -2.28. The van der Waals surface area contributed by atoms with Crippen LogP contribution in [0.2, 0.25) is 0 Å². The highest BCUT2D eigenvalue weighted by molar-refractivity contribution is 5.88. The van der Waals surface area contributed by atoms with E-state index in [0.29, 0.717) is 17.4 Å². The summed E-state index contributed by atoms with van der Waals surface area (Å²) in [6, 6.07) is 7.24. The van der Waals surface area contributed by atoms with E-state index in [9.17, 15) is 4.79 Å². The van der Waals surface area contributed by atoms with E-state index in [4.69, 9.17) is 9.47 Å². The van der Waals surface area contributed by atoms with Crippen LogP contribution in [0.1, 0.15) is 32.6 Å². The lowest BCUT2D eigenvalue weighted by molar-refractivity contribution is -0.123. The molecule has 0 unspecified atom stereocenters. The first-order valence-electron chi connectivity index (χ1n) is 7.32. The summed E-state index contributed by atoms with van der Waals surface area (Å²) in [4.78, 5) is 11.8. The zero-order valence-electron chi connectivity index (χ0n) is 12.6. The molecule has 0 saturated heterocycles. The number of nitrogens with one attached hydrogen (secondary N) is 1. The minimum atomic E-state index is -0.258. The van der Waals surface area contributed by atoms with Gasteiger partial charge in [-0.05, 0) is 37.3 Å². The minimum absolute atomic E-state index is 0.0778. The summed E-state index contributed by atoms with van der Waals surface area (Å²) in [6.07, 6.45) is 4.50. The van der Waals surface area contributed by atoms with Crippen molar-refractivity contribution in [2.75, 3.05) is 13.7 Å². The van der Waals surface area contributed by atoms with Gasteiger partial charge in [0.25, 0.3) is 5.91 Å². The van der Waals surface area contributed by atoms with Crippen LogP contribution in [0.5, 0.6) is 11.5 Å². The van der Waals surface area contributed by atoms with E-state index in [1.165, 1.54) is 6.42 Å². The van der Waals surface area contributed by atoms with Gasteiger partial charge in [0.1, 0.15) is 0 Å². The summed E-state index contributed by atoms with van der Waals surface area (Å²) in [6.45, 7) is 2.07. The molecule has 1 saturated carbocycles. The van der Waals surface area contributed by atoms with Crippen molar-refractivity contribution < 1.29 is 14.3 Å². The molecule has 1 amide bonds. The van der Waals surface area contributed by atoms with Crippen LogP contribution in [0.4, 0.5) is 0 Å². The van der Waals surface area contributed by atoms with Gasteiger partial charge in [0, 0.05) is 5.71 Å². The van der Waals surface area contributed by atoms with Crippen molar-refractivity contribution in [3.05, 3.63) is 24.3 Å². The second-order valence-electron chi connectivity index (χ2n) is 5.22. The predicted molar refractivity (Wildman–Crippen MR) is 81.7 cm³/mol. The quantitative estimate of drug-likeness (QED) is 0.848. The molecule has 114 valence electrons. The maximum absolute atomic E-state index is 11.8. The van der Waals surface area contributed by atoms with Crippen LogP contribution in [0.15, 0.2) is 29.4 Å². The van der Waals surface area contributed by atoms with Crippen molar-refractivity contribution in [2.24, 2.45) is 11.0 Å². The molecule has 5 nitrogen and oxygen atoms in total. The van der Waals surface area contributed by atoms with Gasteiger partial charge in [-0.15, -0.1) is 0 Å². The molecular formula is C16H22N2O3. The standard InChI is InChI=1S/C16H22N2O3/c1-12-7-3-4-8-13(12)17-18-16(19)11-21-15-10-6-5-9-14(15)20-2/h5-6,9-10,12H,3-4,7-8,11H2,1-2H3,(H,18,19)/b17-13-/t12-/m1/s1. The lowest BCUT2D eigenvalue weighted by atomic mass is 9.89. The molecule has 1 atom stereocenters. The highest BCUT2D eigenvalue weighted by Crippen LogP contribution is 2.25. The topological polar surface area (TPSA) is 59.9 Å². The Morgan fingerprint density at radius 1 is 1.33 bits per heavy atom. The molecule has 21 heavy (non-hydrogen) atoms. The van der Waals surface area contributed by atoms with Gasteiger partial charge in [-0.3, -0.25) is 4.79 Å². The van der Waals surface area contributed by atoms with E-state index in [-0.39, 0.29) is 12.5 Å². The molecule has 0 spiro atoms. The fourth-order valence-corrected chi connectivity index (χ4v) is 2.38. The van der Waals surface area contributed by atoms with Crippen LogP contribution in [-0.2, 0) is 4.79 Å². The summed E-state index contributed by atoms with van der Waals surface area (Å²) in [7, 11) is 1.57. The van der Waals surface area contributed by atoms with Crippen molar-refractivity contribution in [3.8, 4) is 11.5 Å². The summed E-state index contributed by atoms with van der Waals surface area (Å²) in [5.41, 5.74) is 3.65. The third kappa shape index (κ3) is 4.48. The summed E-state index contributed by atoms with van der Waals surface area (Å²) in [5.74, 6) is 1.35. The largest absolute Gasteiger partial charge is 0.493 e. The van der Waals surface area contributed by atoms with Crippen LogP contribution in [0, 0.1) is 5.92 Å². The number of benzene rings is 1. The first-order chi connectivity index (χ1) is 10.2. The number of nitrogens with zero attached hydrogens (tertiary/aromatic N) is 1. The third-order valence-corrected chi connectivity index (χ3v) is 3.64. The molecular weight excluding hydrogens is 268 g/mol. The molecule has 1 aliphatic carbocycles. The Kier molecular flexibility index (Phi) is 5.60.